The van der Waals surface area contributed by atoms with Crippen molar-refractivity contribution in [2.45, 2.75) is 44.8 Å². The van der Waals surface area contributed by atoms with Gasteiger partial charge in [0, 0.05) is 11.6 Å². The topological polar surface area (TPSA) is 61.5 Å². The van der Waals surface area contributed by atoms with E-state index in [1.807, 2.05) is 0 Å². The summed E-state index contributed by atoms with van der Waals surface area (Å²) in [5.74, 6) is -6.81. The lowest BCUT2D eigenvalue weighted by atomic mass is 9.78. The summed E-state index contributed by atoms with van der Waals surface area (Å²) in [6.45, 7) is 3.86. The van der Waals surface area contributed by atoms with Crippen molar-refractivity contribution in [3.05, 3.63) is 33.8 Å². The first-order valence-electron chi connectivity index (χ1n) is 7.39. The van der Waals surface area contributed by atoms with Crippen LogP contribution in [-0.2, 0) is 19.8 Å². The molecular formula is C16H20BrF4NO3. The number of rotatable bonds is 7. The normalized spacial score (nSPS) is 15.0. The maximum Gasteiger partial charge on any atom is 0.332 e. The van der Waals surface area contributed by atoms with Crippen LogP contribution in [0.25, 0.3) is 0 Å². The fourth-order valence-electron chi connectivity index (χ4n) is 2.25. The zero-order valence-corrected chi connectivity index (χ0v) is 15.8. The molecular weight excluding hydrogens is 410 g/mol. The molecule has 9 heteroatoms. The first kappa shape index (κ1) is 21.9. The molecule has 2 N–H and O–H groups in total. The molecule has 0 aliphatic rings. The molecule has 4 nitrogen and oxygen atoms in total. The number of hydrogen-bond acceptors (Lipinski definition) is 4. The Balaban J connectivity index is 3.20. The second-order valence-corrected chi connectivity index (χ2v) is 6.98. The lowest BCUT2D eigenvalue weighted by Crippen LogP contribution is -2.62. The summed E-state index contributed by atoms with van der Waals surface area (Å²) in [5.41, 5.74) is 0.369. The fourth-order valence-corrected chi connectivity index (χ4v) is 2.59. The monoisotopic (exact) mass is 429 g/mol. The molecule has 0 fully saturated rings. The van der Waals surface area contributed by atoms with Crippen LogP contribution in [0.15, 0.2) is 16.6 Å². The van der Waals surface area contributed by atoms with E-state index in [0.29, 0.717) is 6.07 Å². The molecule has 0 unspecified atom stereocenters. The van der Waals surface area contributed by atoms with Gasteiger partial charge in [0.15, 0.2) is 0 Å². The van der Waals surface area contributed by atoms with Crippen molar-refractivity contribution in [2.24, 2.45) is 5.73 Å². The third-order valence-electron chi connectivity index (χ3n) is 3.83. The van der Waals surface area contributed by atoms with Gasteiger partial charge in [-0.15, -0.1) is 0 Å². The van der Waals surface area contributed by atoms with Gasteiger partial charge in [0.05, 0.1) is 11.1 Å². The SMILES string of the molecule is CCOC(=O)COC(C)(C)C(F)(F)[C@](C)(N)c1cc(Br)c(F)cc1F. The standard InChI is InChI=1S/C16H20BrF4NO3/c1-5-24-13(23)8-25-14(2,3)16(20,21)15(4,22)9-6-10(17)12(19)7-11(9)18/h6-7H,5,8,22H2,1-4H3/t15-/m1/s1. The zero-order chi connectivity index (χ0) is 19.6. The zero-order valence-electron chi connectivity index (χ0n) is 14.3. The summed E-state index contributed by atoms with van der Waals surface area (Å²) in [6.07, 6.45) is 0. The van der Waals surface area contributed by atoms with Crippen molar-refractivity contribution in [1.82, 2.24) is 0 Å². The van der Waals surface area contributed by atoms with Crippen molar-refractivity contribution in [1.29, 1.82) is 0 Å². The minimum Gasteiger partial charge on any atom is -0.464 e. The Kier molecular flexibility index (Phi) is 6.63. The molecule has 0 aliphatic carbocycles. The van der Waals surface area contributed by atoms with Gasteiger partial charge in [-0.25, -0.2) is 22.4 Å². The minimum absolute atomic E-state index is 0.0719. The average Bonchev–Trinajstić information content (AvgIpc) is 2.48. The first-order valence-corrected chi connectivity index (χ1v) is 8.18. The Labute approximate surface area is 151 Å². The van der Waals surface area contributed by atoms with Gasteiger partial charge in [-0.3, -0.25) is 0 Å². The molecule has 1 atom stereocenters. The molecule has 25 heavy (non-hydrogen) atoms. The number of ether oxygens (including phenoxy) is 2. The van der Waals surface area contributed by atoms with E-state index < -0.39 is 46.8 Å². The lowest BCUT2D eigenvalue weighted by Gasteiger charge is -2.43. The molecule has 0 saturated carbocycles. The van der Waals surface area contributed by atoms with Crippen molar-refractivity contribution >= 4 is 21.9 Å². The van der Waals surface area contributed by atoms with Crippen LogP contribution in [0.1, 0.15) is 33.3 Å². The number of alkyl halides is 2. The fraction of sp³-hybridized carbons (Fsp3) is 0.562. The third kappa shape index (κ3) is 4.32. The highest BCUT2D eigenvalue weighted by Crippen LogP contribution is 2.46. The Hall–Kier alpha value is -1.19. The molecule has 1 rings (SSSR count). The van der Waals surface area contributed by atoms with Gasteiger partial charge in [-0.05, 0) is 49.7 Å². The number of carbonyl (C=O) groups is 1. The van der Waals surface area contributed by atoms with Crippen LogP contribution < -0.4 is 5.73 Å². The summed E-state index contributed by atoms with van der Waals surface area (Å²) < 4.78 is 66.9. The van der Waals surface area contributed by atoms with E-state index in [1.54, 1.807) is 6.92 Å². The third-order valence-corrected chi connectivity index (χ3v) is 4.44. The highest BCUT2D eigenvalue weighted by atomic mass is 79.9. The van der Waals surface area contributed by atoms with Gasteiger partial charge in [-0.2, -0.15) is 0 Å². The van der Waals surface area contributed by atoms with Gasteiger partial charge in [0.1, 0.15) is 29.4 Å². The molecule has 142 valence electrons. The van der Waals surface area contributed by atoms with Gasteiger partial charge in [0.2, 0.25) is 0 Å². The van der Waals surface area contributed by atoms with Crippen molar-refractivity contribution < 1.29 is 31.8 Å². The second-order valence-electron chi connectivity index (χ2n) is 6.13. The van der Waals surface area contributed by atoms with Crippen molar-refractivity contribution in [3.8, 4) is 0 Å². The van der Waals surface area contributed by atoms with Crippen molar-refractivity contribution in [2.75, 3.05) is 13.2 Å². The molecule has 1 aromatic carbocycles. The molecule has 1 aromatic rings. The summed E-state index contributed by atoms with van der Waals surface area (Å²) >= 11 is 2.82. The van der Waals surface area contributed by atoms with Gasteiger partial charge >= 0.3 is 5.97 Å². The lowest BCUT2D eigenvalue weighted by molar-refractivity contribution is -0.228. The smallest absolute Gasteiger partial charge is 0.332 e. The minimum atomic E-state index is -3.83. The average molecular weight is 430 g/mol. The molecule has 0 bridgehead atoms. The number of hydrogen-bond donors (Lipinski definition) is 1. The maximum absolute atomic E-state index is 15.0. The van der Waals surface area contributed by atoms with Crippen molar-refractivity contribution in [3.63, 3.8) is 0 Å². The summed E-state index contributed by atoms with van der Waals surface area (Å²) in [7, 11) is 0. The molecule has 0 saturated heterocycles. The molecule has 0 amide bonds. The number of nitrogens with two attached hydrogens (primary N) is 1. The molecule has 0 aliphatic heterocycles. The van der Waals surface area contributed by atoms with E-state index in [0.717, 1.165) is 26.8 Å². The highest BCUT2D eigenvalue weighted by Gasteiger charge is 2.60. The summed E-state index contributed by atoms with van der Waals surface area (Å²) in [6, 6.07) is 1.33. The van der Waals surface area contributed by atoms with Gasteiger partial charge in [-0.1, -0.05) is 0 Å². The van der Waals surface area contributed by atoms with E-state index in [-0.39, 0.29) is 11.1 Å². The number of halogens is 5. The molecule has 0 radical (unpaired) electrons. The second kappa shape index (κ2) is 7.59. The Morgan fingerprint density at radius 1 is 1.20 bits per heavy atom. The summed E-state index contributed by atoms with van der Waals surface area (Å²) in [4.78, 5) is 11.3. The highest BCUT2D eigenvalue weighted by molar-refractivity contribution is 9.10. The van der Waals surface area contributed by atoms with Crippen LogP contribution in [0, 0.1) is 11.6 Å². The van der Waals surface area contributed by atoms with Gasteiger partial charge in [0.25, 0.3) is 5.92 Å². The van der Waals surface area contributed by atoms with E-state index in [4.69, 9.17) is 10.5 Å². The molecule has 0 aromatic heterocycles. The number of esters is 1. The van der Waals surface area contributed by atoms with E-state index in [9.17, 15) is 13.6 Å². The van der Waals surface area contributed by atoms with E-state index in [1.165, 1.54) is 0 Å². The Morgan fingerprint density at radius 3 is 2.28 bits per heavy atom. The molecule has 0 spiro atoms. The number of benzene rings is 1. The quantitative estimate of drug-likeness (QED) is 0.405. The number of carbonyl (C=O) groups excluding carboxylic acids is 1. The van der Waals surface area contributed by atoms with Crippen LogP contribution in [-0.4, -0.2) is 30.7 Å². The van der Waals surface area contributed by atoms with Crippen LogP contribution in [0.5, 0.6) is 0 Å². The van der Waals surface area contributed by atoms with Crippen LogP contribution >= 0.6 is 15.9 Å². The van der Waals surface area contributed by atoms with Crippen LogP contribution in [0.4, 0.5) is 17.6 Å². The Morgan fingerprint density at radius 2 is 1.76 bits per heavy atom. The van der Waals surface area contributed by atoms with E-state index >= 15 is 8.78 Å². The van der Waals surface area contributed by atoms with E-state index in [2.05, 4.69) is 20.7 Å². The largest absolute Gasteiger partial charge is 0.464 e. The predicted molar refractivity (Wildman–Crippen MR) is 87.2 cm³/mol. The summed E-state index contributed by atoms with van der Waals surface area (Å²) in [5, 5.41) is 0. The molecule has 0 heterocycles. The van der Waals surface area contributed by atoms with Crippen LogP contribution in [0.3, 0.4) is 0 Å². The van der Waals surface area contributed by atoms with Gasteiger partial charge < -0.3 is 15.2 Å². The Bertz CT molecular complexity index is 651. The first-order chi connectivity index (χ1) is 11.3. The maximum atomic E-state index is 15.0. The van der Waals surface area contributed by atoms with Crippen LogP contribution in [0.2, 0.25) is 0 Å². The predicted octanol–water partition coefficient (Wildman–Crippen LogP) is 3.89.